The topological polar surface area (TPSA) is 32.3 Å². The van der Waals surface area contributed by atoms with Crippen LogP contribution in [-0.2, 0) is 4.79 Å². The van der Waals surface area contributed by atoms with Crippen LogP contribution in [0.1, 0.15) is 51.4 Å². The van der Waals surface area contributed by atoms with Crippen LogP contribution in [0.4, 0.5) is 0 Å². The average Bonchev–Trinajstić information content (AvgIpc) is 2.70. The van der Waals surface area contributed by atoms with E-state index >= 15 is 0 Å². The predicted molar refractivity (Wildman–Crippen MR) is 65.3 cm³/mol. The quantitative estimate of drug-likeness (QED) is 0.727. The van der Waals surface area contributed by atoms with Crippen LogP contribution in [0.2, 0.25) is 0 Å². The molecule has 0 aromatic carbocycles. The minimum Gasteiger partial charge on any atom is -0.341 e. The normalized spacial score (nSPS) is 27.7. The van der Waals surface area contributed by atoms with Gasteiger partial charge in [-0.3, -0.25) is 4.79 Å². The maximum Gasteiger partial charge on any atom is 0.239 e. The highest BCUT2D eigenvalue weighted by atomic mass is 16.2. The molecule has 0 bridgehead atoms. The number of hydrogen-bond donors (Lipinski definition) is 1. The van der Waals surface area contributed by atoms with Crippen molar-refractivity contribution in [2.45, 2.75) is 63.5 Å². The predicted octanol–water partition coefficient (Wildman–Crippen LogP) is 1.92. The van der Waals surface area contributed by atoms with Crippen molar-refractivity contribution in [3.05, 3.63) is 0 Å². The van der Waals surface area contributed by atoms with Gasteiger partial charge in [0.1, 0.15) is 0 Å². The van der Waals surface area contributed by atoms with Gasteiger partial charge < -0.3 is 10.2 Å². The largest absolute Gasteiger partial charge is 0.341 e. The first kappa shape index (κ1) is 11.9. The Morgan fingerprint density at radius 3 is 2.31 bits per heavy atom. The SMILES string of the molecule is CN(C(=O)[C@@H]1CCCN1)C1CCCCCC1. The smallest absolute Gasteiger partial charge is 0.239 e. The average molecular weight is 224 g/mol. The summed E-state index contributed by atoms with van der Waals surface area (Å²) in [6.45, 7) is 1.01. The third-order valence-electron chi connectivity index (χ3n) is 4.08. The van der Waals surface area contributed by atoms with Gasteiger partial charge in [-0.15, -0.1) is 0 Å². The minimum atomic E-state index is 0.105. The zero-order valence-electron chi connectivity index (χ0n) is 10.4. The first-order valence-corrected chi connectivity index (χ1v) is 6.79. The molecule has 92 valence electrons. The van der Waals surface area contributed by atoms with Gasteiger partial charge in [0.05, 0.1) is 6.04 Å². The lowest BCUT2D eigenvalue weighted by molar-refractivity contribution is -0.134. The lowest BCUT2D eigenvalue weighted by atomic mass is 10.1. The van der Waals surface area contributed by atoms with E-state index in [2.05, 4.69) is 5.32 Å². The van der Waals surface area contributed by atoms with Gasteiger partial charge >= 0.3 is 0 Å². The molecule has 2 fully saturated rings. The van der Waals surface area contributed by atoms with E-state index in [1.54, 1.807) is 0 Å². The summed E-state index contributed by atoms with van der Waals surface area (Å²) in [5, 5.41) is 3.30. The second-order valence-corrected chi connectivity index (χ2v) is 5.24. The number of nitrogens with zero attached hydrogens (tertiary/aromatic N) is 1. The highest BCUT2D eigenvalue weighted by molar-refractivity contribution is 5.82. The maximum atomic E-state index is 12.2. The van der Waals surface area contributed by atoms with E-state index in [0.717, 1.165) is 19.4 Å². The van der Waals surface area contributed by atoms with E-state index < -0.39 is 0 Å². The van der Waals surface area contributed by atoms with Gasteiger partial charge in [-0.05, 0) is 32.2 Å². The van der Waals surface area contributed by atoms with Gasteiger partial charge in [-0.25, -0.2) is 0 Å². The van der Waals surface area contributed by atoms with Crippen LogP contribution in [0.25, 0.3) is 0 Å². The van der Waals surface area contributed by atoms with Gasteiger partial charge in [0.25, 0.3) is 0 Å². The summed E-state index contributed by atoms with van der Waals surface area (Å²) >= 11 is 0. The van der Waals surface area contributed by atoms with E-state index in [4.69, 9.17) is 0 Å². The summed E-state index contributed by atoms with van der Waals surface area (Å²) in [4.78, 5) is 14.2. The van der Waals surface area contributed by atoms with Crippen LogP contribution < -0.4 is 5.32 Å². The van der Waals surface area contributed by atoms with Gasteiger partial charge in [-0.1, -0.05) is 25.7 Å². The summed E-state index contributed by atoms with van der Waals surface area (Å²) < 4.78 is 0. The Bertz CT molecular complexity index is 228. The molecule has 0 aromatic rings. The Morgan fingerprint density at radius 2 is 1.75 bits per heavy atom. The molecule has 1 saturated heterocycles. The lowest BCUT2D eigenvalue weighted by Gasteiger charge is -2.29. The number of amides is 1. The van der Waals surface area contributed by atoms with Crippen molar-refractivity contribution in [2.75, 3.05) is 13.6 Å². The summed E-state index contributed by atoms with van der Waals surface area (Å²) in [6.07, 6.45) is 9.86. The van der Waals surface area contributed by atoms with Gasteiger partial charge in [-0.2, -0.15) is 0 Å². The van der Waals surface area contributed by atoms with E-state index in [-0.39, 0.29) is 6.04 Å². The van der Waals surface area contributed by atoms with Crippen LogP contribution >= 0.6 is 0 Å². The summed E-state index contributed by atoms with van der Waals surface area (Å²) in [6, 6.07) is 0.602. The fraction of sp³-hybridized carbons (Fsp3) is 0.923. The second kappa shape index (κ2) is 5.67. The van der Waals surface area contributed by atoms with Crippen LogP contribution in [0, 0.1) is 0 Å². The standard InChI is InChI=1S/C13H24N2O/c1-15(11-7-4-2-3-5-8-11)13(16)12-9-6-10-14-12/h11-12,14H,2-10H2,1H3/t12-/m0/s1. The van der Waals surface area contributed by atoms with Crippen LogP contribution in [-0.4, -0.2) is 36.5 Å². The number of rotatable bonds is 2. The number of likely N-dealkylation sites (N-methyl/N-ethyl adjacent to an activating group) is 1. The molecule has 1 amide bonds. The summed E-state index contributed by atoms with van der Waals surface area (Å²) in [5.74, 6) is 0.324. The number of carbonyl (C=O) groups excluding carboxylic acids is 1. The van der Waals surface area contributed by atoms with Crippen molar-refractivity contribution >= 4 is 5.91 Å². The second-order valence-electron chi connectivity index (χ2n) is 5.24. The third kappa shape index (κ3) is 2.76. The Labute approximate surface area is 98.6 Å². The summed E-state index contributed by atoms with van der Waals surface area (Å²) in [7, 11) is 2.00. The maximum absolute atomic E-state index is 12.2. The molecule has 0 spiro atoms. The van der Waals surface area contributed by atoms with Crippen molar-refractivity contribution in [1.29, 1.82) is 0 Å². The molecular weight excluding hydrogens is 200 g/mol. The van der Waals surface area contributed by atoms with Gasteiger partial charge in [0.2, 0.25) is 5.91 Å². The Balaban J connectivity index is 1.88. The van der Waals surface area contributed by atoms with Crippen molar-refractivity contribution in [2.24, 2.45) is 0 Å². The Kier molecular flexibility index (Phi) is 4.22. The van der Waals surface area contributed by atoms with E-state index in [9.17, 15) is 4.79 Å². The van der Waals surface area contributed by atoms with Crippen molar-refractivity contribution < 1.29 is 4.79 Å². The zero-order valence-corrected chi connectivity index (χ0v) is 10.4. The zero-order chi connectivity index (χ0) is 11.4. The van der Waals surface area contributed by atoms with E-state index in [1.165, 1.54) is 38.5 Å². The molecule has 1 aliphatic heterocycles. The van der Waals surface area contributed by atoms with Crippen molar-refractivity contribution in [3.63, 3.8) is 0 Å². The van der Waals surface area contributed by atoms with Crippen LogP contribution in [0.5, 0.6) is 0 Å². The molecule has 3 heteroatoms. The summed E-state index contributed by atoms with van der Waals surface area (Å²) in [5.41, 5.74) is 0. The molecule has 3 nitrogen and oxygen atoms in total. The first-order valence-electron chi connectivity index (χ1n) is 6.79. The molecular formula is C13H24N2O. The molecule has 1 saturated carbocycles. The molecule has 2 aliphatic rings. The number of nitrogens with one attached hydrogen (secondary N) is 1. The Hall–Kier alpha value is -0.570. The molecule has 1 N–H and O–H groups in total. The van der Waals surface area contributed by atoms with E-state index in [1.807, 2.05) is 11.9 Å². The molecule has 0 radical (unpaired) electrons. The molecule has 1 heterocycles. The number of hydrogen-bond acceptors (Lipinski definition) is 2. The molecule has 1 aliphatic carbocycles. The third-order valence-corrected chi connectivity index (χ3v) is 4.08. The fourth-order valence-corrected chi connectivity index (χ4v) is 2.97. The highest BCUT2D eigenvalue weighted by Crippen LogP contribution is 2.22. The van der Waals surface area contributed by atoms with E-state index in [0.29, 0.717) is 11.9 Å². The molecule has 2 rings (SSSR count). The van der Waals surface area contributed by atoms with Crippen LogP contribution in [0.3, 0.4) is 0 Å². The highest BCUT2D eigenvalue weighted by Gasteiger charge is 2.28. The lowest BCUT2D eigenvalue weighted by Crippen LogP contribution is -2.46. The van der Waals surface area contributed by atoms with Gasteiger partial charge in [0.15, 0.2) is 0 Å². The molecule has 0 aromatic heterocycles. The molecule has 16 heavy (non-hydrogen) atoms. The van der Waals surface area contributed by atoms with Crippen molar-refractivity contribution in [1.82, 2.24) is 10.2 Å². The Morgan fingerprint density at radius 1 is 1.06 bits per heavy atom. The van der Waals surface area contributed by atoms with Gasteiger partial charge in [0, 0.05) is 13.1 Å². The first-order chi connectivity index (χ1) is 7.79. The minimum absolute atomic E-state index is 0.105. The molecule has 1 atom stereocenters. The van der Waals surface area contributed by atoms with Crippen molar-refractivity contribution in [3.8, 4) is 0 Å². The van der Waals surface area contributed by atoms with Crippen LogP contribution in [0.15, 0.2) is 0 Å². The monoisotopic (exact) mass is 224 g/mol. The molecule has 0 unspecified atom stereocenters. The fourth-order valence-electron chi connectivity index (χ4n) is 2.97. The number of carbonyl (C=O) groups is 1.